The number of amides is 1. The number of anilines is 2. The maximum atomic E-state index is 12.1. The molecule has 166 valence electrons. The molecule has 0 saturated carbocycles. The van der Waals surface area contributed by atoms with Crippen LogP contribution in [0.4, 0.5) is 16.3 Å². The van der Waals surface area contributed by atoms with E-state index in [9.17, 15) is 9.36 Å². The molecule has 3 aromatic rings. The number of ether oxygens (including phenoxy) is 1. The number of nitrogens with one attached hydrogen (secondary N) is 2. The first-order valence-electron chi connectivity index (χ1n) is 9.00. The highest BCUT2D eigenvalue weighted by Crippen LogP contribution is 2.36. The predicted octanol–water partition coefficient (Wildman–Crippen LogP) is 2.50. The van der Waals surface area contributed by atoms with Crippen molar-refractivity contribution in [2.75, 3.05) is 30.9 Å². The molecule has 1 unspecified atom stereocenters. The fourth-order valence-corrected chi connectivity index (χ4v) is 3.30. The second-order valence-electron chi connectivity index (χ2n) is 6.40. The molecule has 0 bridgehead atoms. The fraction of sp³-hybridized carbons (Fsp3) is 0.294. The minimum Gasteiger partial charge on any atom is -0.449 e. The molecular formula is C17H20ClN6O6P. The molecule has 0 spiro atoms. The number of phosphoric acid groups is 1. The molecular weight excluding hydrogens is 451 g/mol. The molecule has 2 heterocycles. The Morgan fingerprint density at radius 2 is 2.00 bits per heavy atom. The minimum absolute atomic E-state index is 0.0000985. The lowest BCUT2D eigenvalue weighted by molar-refractivity contribution is 0.0995. The predicted molar refractivity (Wildman–Crippen MR) is 113 cm³/mol. The van der Waals surface area contributed by atoms with Crippen LogP contribution in [0, 0.1) is 5.92 Å². The number of aromatic nitrogens is 4. The molecule has 2 aromatic heterocycles. The number of rotatable bonds is 9. The molecule has 14 heteroatoms. The topological polar surface area (TPSA) is 161 Å². The standard InChI is InChI=1S/C17H20ClN6O6P/c1-19-14-13-15(23-16(18)22-14)24(10-20-13)7-11(9-30-31(26,27)28)8-29-17(25)21-12-5-3-2-4-6-12/h2-6,10-11H,7-9H2,1H3,(H,21,25)(H,19,22,23)(H2,26,27,28). The van der Waals surface area contributed by atoms with Crippen molar-refractivity contribution in [1.29, 1.82) is 0 Å². The number of benzene rings is 1. The van der Waals surface area contributed by atoms with Gasteiger partial charge in [-0.05, 0) is 23.7 Å². The van der Waals surface area contributed by atoms with Gasteiger partial charge in [-0.1, -0.05) is 18.2 Å². The summed E-state index contributed by atoms with van der Waals surface area (Å²) in [5.41, 5.74) is 1.41. The maximum Gasteiger partial charge on any atom is 0.469 e. The zero-order chi connectivity index (χ0) is 22.4. The number of para-hydroxylation sites is 1. The molecule has 0 saturated heterocycles. The number of fused-ring (bicyclic) bond motifs is 1. The highest BCUT2D eigenvalue weighted by atomic mass is 35.5. The van der Waals surface area contributed by atoms with Gasteiger partial charge in [0.15, 0.2) is 17.0 Å². The van der Waals surface area contributed by atoms with Crippen LogP contribution in [0.15, 0.2) is 36.7 Å². The summed E-state index contributed by atoms with van der Waals surface area (Å²) in [7, 11) is -3.06. The van der Waals surface area contributed by atoms with Crippen molar-refractivity contribution in [2.45, 2.75) is 6.54 Å². The Bertz CT molecular complexity index is 1090. The molecule has 0 aliphatic carbocycles. The first-order chi connectivity index (χ1) is 14.7. The van der Waals surface area contributed by atoms with Crippen LogP contribution in [-0.4, -0.2) is 55.7 Å². The molecule has 1 aromatic carbocycles. The van der Waals surface area contributed by atoms with Crippen LogP contribution in [-0.2, 0) is 20.4 Å². The van der Waals surface area contributed by atoms with E-state index in [2.05, 4.69) is 30.1 Å². The van der Waals surface area contributed by atoms with Crippen LogP contribution in [0.2, 0.25) is 5.28 Å². The number of carbonyl (C=O) groups is 1. The van der Waals surface area contributed by atoms with Crippen LogP contribution in [0.3, 0.4) is 0 Å². The monoisotopic (exact) mass is 470 g/mol. The van der Waals surface area contributed by atoms with Gasteiger partial charge in [0.1, 0.15) is 0 Å². The van der Waals surface area contributed by atoms with Gasteiger partial charge in [-0.25, -0.2) is 14.3 Å². The van der Waals surface area contributed by atoms with E-state index in [1.54, 1.807) is 41.9 Å². The Morgan fingerprint density at radius 1 is 1.26 bits per heavy atom. The number of carbonyl (C=O) groups excluding carboxylic acids is 1. The largest absolute Gasteiger partial charge is 0.469 e. The number of imidazole rings is 1. The SMILES string of the molecule is CNc1nc(Cl)nc2c1ncn2CC(COC(=O)Nc1ccccc1)COP(=O)(O)O. The summed E-state index contributed by atoms with van der Waals surface area (Å²) in [6.07, 6.45) is 0.760. The Kier molecular flexibility index (Phi) is 7.42. The molecule has 1 atom stereocenters. The highest BCUT2D eigenvalue weighted by Gasteiger charge is 2.22. The van der Waals surface area contributed by atoms with E-state index in [1.807, 2.05) is 0 Å². The van der Waals surface area contributed by atoms with E-state index in [4.69, 9.17) is 26.1 Å². The Morgan fingerprint density at radius 3 is 2.68 bits per heavy atom. The molecule has 12 nitrogen and oxygen atoms in total. The van der Waals surface area contributed by atoms with E-state index in [0.717, 1.165) is 0 Å². The Hall–Kier alpha value is -2.76. The molecule has 3 rings (SSSR count). The van der Waals surface area contributed by atoms with Gasteiger partial charge < -0.3 is 24.4 Å². The lowest BCUT2D eigenvalue weighted by atomic mass is 10.2. The Balaban J connectivity index is 1.73. The quantitative estimate of drug-likeness (QED) is 0.270. The van der Waals surface area contributed by atoms with Crippen LogP contribution in [0.25, 0.3) is 11.2 Å². The average Bonchev–Trinajstić information content (AvgIpc) is 3.12. The third kappa shape index (κ3) is 6.61. The lowest BCUT2D eigenvalue weighted by Crippen LogP contribution is -2.25. The molecule has 0 fully saturated rings. The summed E-state index contributed by atoms with van der Waals surface area (Å²) < 4.78 is 22.6. The van der Waals surface area contributed by atoms with Crippen molar-refractivity contribution in [2.24, 2.45) is 5.92 Å². The maximum absolute atomic E-state index is 12.1. The summed E-state index contributed by atoms with van der Waals surface area (Å²) in [5, 5.41) is 5.43. The van der Waals surface area contributed by atoms with E-state index < -0.39 is 19.8 Å². The number of halogens is 1. The van der Waals surface area contributed by atoms with Crippen molar-refractivity contribution in [3.8, 4) is 0 Å². The Labute approximate surface area is 181 Å². The highest BCUT2D eigenvalue weighted by molar-refractivity contribution is 7.46. The van der Waals surface area contributed by atoms with Crippen molar-refractivity contribution >= 4 is 48.2 Å². The zero-order valence-corrected chi connectivity index (χ0v) is 18.0. The van der Waals surface area contributed by atoms with Gasteiger partial charge in [0.05, 0.1) is 19.5 Å². The van der Waals surface area contributed by atoms with Crippen molar-refractivity contribution in [1.82, 2.24) is 19.5 Å². The third-order valence-corrected chi connectivity index (χ3v) is 4.73. The normalized spacial score (nSPS) is 12.5. The van der Waals surface area contributed by atoms with Crippen LogP contribution in [0.1, 0.15) is 0 Å². The van der Waals surface area contributed by atoms with Gasteiger partial charge in [-0.15, -0.1) is 0 Å². The van der Waals surface area contributed by atoms with Gasteiger partial charge in [0.25, 0.3) is 0 Å². The summed E-state index contributed by atoms with van der Waals surface area (Å²) in [6.45, 7) is -0.429. The lowest BCUT2D eigenvalue weighted by Gasteiger charge is -2.18. The fourth-order valence-electron chi connectivity index (χ4n) is 2.73. The molecule has 0 aliphatic rings. The third-order valence-electron chi connectivity index (χ3n) is 4.08. The van der Waals surface area contributed by atoms with E-state index >= 15 is 0 Å². The number of hydrogen-bond acceptors (Lipinski definition) is 8. The molecule has 1 amide bonds. The second kappa shape index (κ2) is 10.0. The van der Waals surface area contributed by atoms with E-state index in [-0.39, 0.29) is 25.0 Å². The summed E-state index contributed by atoms with van der Waals surface area (Å²) in [4.78, 5) is 42.6. The summed E-state index contributed by atoms with van der Waals surface area (Å²) in [6, 6.07) is 8.69. The van der Waals surface area contributed by atoms with Crippen molar-refractivity contribution in [3.05, 3.63) is 41.9 Å². The number of phosphoric ester groups is 1. The molecule has 4 N–H and O–H groups in total. The van der Waals surface area contributed by atoms with Crippen LogP contribution in [0.5, 0.6) is 0 Å². The molecule has 31 heavy (non-hydrogen) atoms. The summed E-state index contributed by atoms with van der Waals surface area (Å²) >= 11 is 5.96. The van der Waals surface area contributed by atoms with Crippen molar-refractivity contribution < 1.29 is 28.4 Å². The van der Waals surface area contributed by atoms with E-state index in [0.29, 0.717) is 22.7 Å². The van der Waals surface area contributed by atoms with Gasteiger partial charge in [-0.2, -0.15) is 9.97 Å². The average molecular weight is 471 g/mol. The van der Waals surface area contributed by atoms with Gasteiger partial charge in [0, 0.05) is 25.2 Å². The zero-order valence-electron chi connectivity index (χ0n) is 16.3. The van der Waals surface area contributed by atoms with Crippen LogP contribution < -0.4 is 10.6 Å². The first-order valence-corrected chi connectivity index (χ1v) is 10.9. The van der Waals surface area contributed by atoms with E-state index in [1.165, 1.54) is 6.33 Å². The second-order valence-corrected chi connectivity index (χ2v) is 7.98. The minimum atomic E-state index is -4.72. The number of nitrogens with zero attached hydrogens (tertiary/aromatic N) is 4. The van der Waals surface area contributed by atoms with Crippen LogP contribution >= 0.6 is 19.4 Å². The first kappa shape index (κ1) is 22.9. The van der Waals surface area contributed by atoms with Crippen molar-refractivity contribution in [3.63, 3.8) is 0 Å². The van der Waals surface area contributed by atoms with Gasteiger partial charge in [-0.3, -0.25) is 9.84 Å². The summed E-state index contributed by atoms with van der Waals surface area (Å²) in [5.74, 6) is -0.200. The molecule has 0 radical (unpaired) electrons. The van der Waals surface area contributed by atoms with Gasteiger partial charge >= 0.3 is 13.9 Å². The number of hydrogen-bond donors (Lipinski definition) is 4. The smallest absolute Gasteiger partial charge is 0.449 e. The van der Waals surface area contributed by atoms with Gasteiger partial charge in [0.2, 0.25) is 5.28 Å². The molecule has 0 aliphatic heterocycles.